The molecule has 0 saturated carbocycles. The van der Waals surface area contributed by atoms with Crippen LogP contribution in [0.4, 0.5) is 0 Å². The van der Waals surface area contributed by atoms with Crippen LogP contribution < -0.4 is 4.74 Å². The number of rotatable bonds is 3. The van der Waals surface area contributed by atoms with Crippen molar-refractivity contribution < 1.29 is 9.53 Å². The molecule has 0 radical (unpaired) electrons. The molecule has 7 nitrogen and oxygen atoms in total. The van der Waals surface area contributed by atoms with Crippen LogP contribution in [-0.4, -0.2) is 50.3 Å². The molecule has 2 aliphatic rings. The van der Waals surface area contributed by atoms with Crippen LogP contribution in [0.15, 0.2) is 42.7 Å². The van der Waals surface area contributed by atoms with Gasteiger partial charge in [-0.15, -0.1) is 0 Å². The van der Waals surface area contributed by atoms with E-state index in [4.69, 9.17) is 4.74 Å². The lowest BCUT2D eigenvalue weighted by molar-refractivity contribution is 0.0773. The highest BCUT2D eigenvalue weighted by atomic mass is 16.5. The number of benzene rings is 1. The maximum Gasteiger partial charge on any atom is 0.272 e. The van der Waals surface area contributed by atoms with E-state index >= 15 is 0 Å². The number of aryl methyl sites for hydroxylation is 1. The van der Waals surface area contributed by atoms with Gasteiger partial charge >= 0.3 is 0 Å². The number of likely N-dealkylation sites (tertiary alicyclic amines) is 1. The second-order valence-corrected chi connectivity index (χ2v) is 7.67. The van der Waals surface area contributed by atoms with Gasteiger partial charge in [0.25, 0.3) is 5.91 Å². The second-order valence-electron chi connectivity index (χ2n) is 7.67. The minimum Gasteiger partial charge on any atom is -0.497 e. The van der Waals surface area contributed by atoms with Crippen LogP contribution in [0.2, 0.25) is 0 Å². The monoisotopic (exact) mass is 377 g/mol. The Morgan fingerprint density at radius 1 is 1.11 bits per heavy atom. The van der Waals surface area contributed by atoms with Crippen molar-refractivity contribution in [3.63, 3.8) is 0 Å². The van der Waals surface area contributed by atoms with Crippen LogP contribution in [0, 0.1) is 11.8 Å². The summed E-state index contributed by atoms with van der Waals surface area (Å²) in [6.07, 6.45) is 4.56. The standard InChI is InChI=1S/C21H23N5O2/c1-24-18(7-8-23-24)21(27)25-11-15-9-20-22-10-19(26(20)13-16(15)12-25)14-3-5-17(28-2)6-4-14/h3-8,10,15-16H,9,11-13H2,1-2H3/t15-,16-/m0/s1. The van der Waals surface area contributed by atoms with Gasteiger partial charge in [-0.2, -0.15) is 5.10 Å². The number of imidazole rings is 1. The Morgan fingerprint density at radius 3 is 2.61 bits per heavy atom. The SMILES string of the molecule is COc1ccc(-c2cnc3n2C[C@@H]2CN(C(=O)c4ccnn4C)C[C@@H]2C3)cc1. The van der Waals surface area contributed by atoms with Crippen molar-refractivity contribution >= 4 is 5.91 Å². The van der Waals surface area contributed by atoms with Crippen LogP contribution in [0.25, 0.3) is 11.3 Å². The highest BCUT2D eigenvalue weighted by molar-refractivity contribution is 5.92. The van der Waals surface area contributed by atoms with Crippen molar-refractivity contribution in [3.8, 4) is 17.0 Å². The Hall–Kier alpha value is -3.09. The summed E-state index contributed by atoms with van der Waals surface area (Å²) >= 11 is 0. The first-order valence-corrected chi connectivity index (χ1v) is 9.60. The van der Waals surface area contributed by atoms with Gasteiger partial charge in [0.1, 0.15) is 17.3 Å². The Kier molecular flexibility index (Phi) is 3.96. The van der Waals surface area contributed by atoms with Gasteiger partial charge in [-0.1, -0.05) is 0 Å². The molecular formula is C21H23N5O2. The number of fused-ring (bicyclic) bond motifs is 2. The fourth-order valence-electron chi connectivity index (χ4n) is 4.53. The maximum absolute atomic E-state index is 12.9. The normalized spacial score (nSPS) is 20.7. The second kappa shape index (κ2) is 6.51. The molecule has 144 valence electrons. The predicted octanol–water partition coefficient (Wildman–Crippen LogP) is 2.24. The summed E-state index contributed by atoms with van der Waals surface area (Å²) in [5, 5.41) is 4.13. The Morgan fingerprint density at radius 2 is 1.89 bits per heavy atom. The van der Waals surface area contributed by atoms with E-state index in [-0.39, 0.29) is 5.91 Å². The third-order valence-electron chi connectivity index (χ3n) is 6.09. The van der Waals surface area contributed by atoms with Gasteiger partial charge in [0, 0.05) is 44.9 Å². The van der Waals surface area contributed by atoms with Gasteiger partial charge in [0.2, 0.25) is 0 Å². The largest absolute Gasteiger partial charge is 0.497 e. The molecule has 1 fully saturated rings. The van der Waals surface area contributed by atoms with Crippen LogP contribution in [0.5, 0.6) is 5.75 Å². The average molecular weight is 377 g/mol. The molecule has 2 atom stereocenters. The molecule has 0 unspecified atom stereocenters. The number of amides is 1. The number of hydrogen-bond donors (Lipinski definition) is 0. The van der Waals surface area contributed by atoms with E-state index in [1.165, 1.54) is 0 Å². The number of methoxy groups -OCH3 is 1. The van der Waals surface area contributed by atoms with E-state index in [1.807, 2.05) is 30.3 Å². The minimum atomic E-state index is 0.0717. The van der Waals surface area contributed by atoms with Gasteiger partial charge in [-0.05, 0) is 42.2 Å². The molecule has 4 heterocycles. The molecule has 1 aromatic carbocycles. The summed E-state index contributed by atoms with van der Waals surface area (Å²) in [5.74, 6) is 2.96. The quantitative estimate of drug-likeness (QED) is 0.702. The predicted molar refractivity (Wildman–Crippen MR) is 104 cm³/mol. The van der Waals surface area contributed by atoms with Crippen molar-refractivity contribution in [3.05, 3.63) is 54.2 Å². The fraction of sp³-hybridized carbons (Fsp3) is 0.381. The Bertz CT molecular complexity index is 1020. The summed E-state index contributed by atoms with van der Waals surface area (Å²) in [4.78, 5) is 19.5. The zero-order valence-electron chi connectivity index (χ0n) is 16.1. The summed E-state index contributed by atoms with van der Waals surface area (Å²) in [7, 11) is 3.49. The third kappa shape index (κ3) is 2.69. The number of carbonyl (C=O) groups is 1. The number of carbonyl (C=O) groups excluding carboxylic acids is 1. The molecule has 0 aliphatic carbocycles. The van der Waals surface area contributed by atoms with Crippen LogP contribution >= 0.6 is 0 Å². The number of hydrogen-bond acceptors (Lipinski definition) is 4. The summed E-state index contributed by atoms with van der Waals surface area (Å²) < 4.78 is 9.23. The topological polar surface area (TPSA) is 65.2 Å². The van der Waals surface area contributed by atoms with E-state index in [2.05, 4.69) is 26.8 Å². The first-order chi connectivity index (χ1) is 13.6. The van der Waals surface area contributed by atoms with E-state index < -0.39 is 0 Å². The van der Waals surface area contributed by atoms with E-state index in [0.717, 1.165) is 48.9 Å². The van der Waals surface area contributed by atoms with Crippen molar-refractivity contribution in [2.45, 2.75) is 13.0 Å². The molecule has 1 saturated heterocycles. The Labute approximate surface area is 163 Å². The third-order valence-corrected chi connectivity index (χ3v) is 6.09. The molecule has 3 aromatic rings. The van der Waals surface area contributed by atoms with Gasteiger partial charge in [-0.3, -0.25) is 9.48 Å². The molecular weight excluding hydrogens is 354 g/mol. The van der Waals surface area contributed by atoms with Crippen molar-refractivity contribution in [2.24, 2.45) is 18.9 Å². The molecule has 2 aliphatic heterocycles. The van der Waals surface area contributed by atoms with Crippen LogP contribution in [-0.2, 0) is 20.0 Å². The van der Waals surface area contributed by atoms with Gasteiger partial charge in [-0.25, -0.2) is 4.98 Å². The Balaban J connectivity index is 1.37. The van der Waals surface area contributed by atoms with Crippen molar-refractivity contribution in [1.29, 1.82) is 0 Å². The summed E-state index contributed by atoms with van der Waals surface area (Å²) in [5.41, 5.74) is 2.92. The molecule has 1 amide bonds. The molecule has 0 bridgehead atoms. The van der Waals surface area contributed by atoms with Gasteiger partial charge in [0.05, 0.1) is 19.0 Å². The maximum atomic E-state index is 12.9. The molecule has 28 heavy (non-hydrogen) atoms. The smallest absolute Gasteiger partial charge is 0.272 e. The van der Waals surface area contributed by atoms with Gasteiger partial charge in [0.15, 0.2) is 0 Å². The van der Waals surface area contributed by atoms with Crippen LogP contribution in [0.1, 0.15) is 16.3 Å². The van der Waals surface area contributed by atoms with E-state index in [9.17, 15) is 4.79 Å². The molecule has 5 rings (SSSR count). The zero-order chi connectivity index (χ0) is 19.3. The van der Waals surface area contributed by atoms with E-state index in [1.54, 1.807) is 24.1 Å². The lowest BCUT2D eigenvalue weighted by Crippen LogP contribution is -2.30. The number of ether oxygens (including phenoxy) is 1. The molecule has 7 heteroatoms. The first-order valence-electron chi connectivity index (χ1n) is 9.60. The minimum absolute atomic E-state index is 0.0717. The molecule has 0 spiro atoms. The van der Waals surface area contributed by atoms with Gasteiger partial charge < -0.3 is 14.2 Å². The zero-order valence-corrected chi connectivity index (χ0v) is 16.1. The summed E-state index contributed by atoms with van der Waals surface area (Å²) in [6.45, 7) is 2.48. The fourth-order valence-corrected chi connectivity index (χ4v) is 4.53. The molecule has 2 aromatic heterocycles. The van der Waals surface area contributed by atoms with E-state index in [0.29, 0.717) is 17.5 Å². The lowest BCUT2D eigenvalue weighted by atomic mass is 9.89. The summed E-state index contributed by atoms with van der Waals surface area (Å²) in [6, 6.07) is 9.89. The highest BCUT2D eigenvalue weighted by Crippen LogP contribution is 2.36. The average Bonchev–Trinajstić information content (AvgIpc) is 3.43. The number of aromatic nitrogens is 4. The van der Waals surface area contributed by atoms with Crippen LogP contribution in [0.3, 0.4) is 0 Å². The molecule has 0 N–H and O–H groups in total. The number of nitrogens with zero attached hydrogens (tertiary/aromatic N) is 5. The first kappa shape index (κ1) is 17.0. The lowest BCUT2D eigenvalue weighted by Gasteiger charge is -2.26. The highest BCUT2D eigenvalue weighted by Gasteiger charge is 2.40. The van der Waals surface area contributed by atoms with Crippen molar-refractivity contribution in [1.82, 2.24) is 24.2 Å². The van der Waals surface area contributed by atoms with Crippen molar-refractivity contribution in [2.75, 3.05) is 20.2 Å².